The van der Waals surface area contributed by atoms with Crippen LogP contribution >= 0.6 is 0 Å². The van der Waals surface area contributed by atoms with Crippen molar-refractivity contribution in [2.75, 3.05) is 7.11 Å². The third-order valence-electron chi connectivity index (χ3n) is 4.04. The van der Waals surface area contributed by atoms with Crippen LogP contribution in [0.15, 0.2) is 12.2 Å². The first-order valence-electron chi connectivity index (χ1n) is 6.59. The molecule has 1 fully saturated rings. The molecule has 18 heavy (non-hydrogen) atoms. The van der Waals surface area contributed by atoms with E-state index < -0.39 is 6.04 Å². The van der Waals surface area contributed by atoms with Crippen LogP contribution in [-0.2, 0) is 14.3 Å². The Labute approximate surface area is 108 Å². The summed E-state index contributed by atoms with van der Waals surface area (Å²) in [5, 5.41) is 2.85. The van der Waals surface area contributed by atoms with Gasteiger partial charge in [-0.1, -0.05) is 26.0 Å². The van der Waals surface area contributed by atoms with Crippen LogP contribution in [0.3, 0.4) is 0 Å². The summed E-state index contributed by atoms with van der Waals surface area (Å²) >= 11 is 0. The predicted molar refractivity (Wildman–Crippen MR) is 67.6 cm³/mol. The zero-order chi connectivity index (χ0) is 13.3. The second-order valence-corrected chi connectivity index (χ2v) is 5.64. The van der Waals surface area contributed by atoms with Crippen LogP contribution in [-0.4, -0.2) is 25.0 Å². The van der Waals surface area contributed by atoms with E-state index in [0.717, 1.165) is 12.8 Å². The van der Waals surface area contributed by atoms with Crippen molar-refractivity contribution in [2.45, 2.75) is 32.7 Å². The highest BCUT2D eigenvalue weighted by Gasteiger charge is 2.41. The molecule has 0 spiro atoms. The normalized spacial score (nSPS) is 30.6. The summed E-state index contributed by atoms with van der Waals surface area (Å²) in [4.78, 5) is 23.8. The lowest BCUT2D eigenvalue weighted by Gasteiger charge is -2.24. The van der Waals surface area contributed by atoms with E-state index in [1.807, 2.05) is 13.8 Å². The van der Waals surface area contributed by atoms with Gasteiger partial charge in [-0.2, -0.15) is 0 Å². The molecule has 0 aliphatic heterocycles. The molecule has 0 aromatic carbocycles. The van der Waals surface area contributed by atoms with Crippen LogP contribution in [0.1, 0.15) is 26.7 Å². The molecular formula is C14H21NO3. The lowest BCUT2D eigenvalue weighted by molar-refractivity contribution is -0.147. The monoisotopic (exact) mass is 251 g/mol. The summed E-state index contributed by atoms with van der Waals surface area (Å²) in [5.41, 5.74) is 0. The van der Waals surface area contributed by atoms with E-state index >= 15 is 0 Å². The van der Waals surface area contributed by atoms with Crippen molar-refractivity contribution < 1.29 is 14.3 Å². The Morgan fingerprint density at radius 3 is 2.44 bits per heavy atom. The van der Waals surface area contributed by atoms with E-state index in [9.17, 15) is 9.59 Å². The number of allylic oxidation sites excluding steroid dienone is 2. The van der Waals surface area contributed by atoms with Crippen molar-refractivity contribution >= 4 is 11.9 Å². The first kappa shape index (κ1) is 13.1. The SMILES string of the molecule is COC(=O)C(NC(=O)C1CC2C=CC1C2)C(C)C. The van der Waals surface area contributed by atoms with Gasteiger partial charge in [0.15, 0.2) is 0 Å². The van der Waals surface area contributed by atoms with E-state index in [-0.39, 0.29) is 23.7 Å². The third-order valence-corrected chi connectivity index (χ3v) is 4.04. The number of esters is 1. The van der Waals surface area contributed by atoms with Gasteiger partial charge in [-0.3, -0.25) is 4.79 Å². The van der Waals surface area contributed by atoms with Gasteiger partial charge >= 0.3 is 5.97 Å². The molecule has 1 saturated carbocycles. The molecule has 100 valence electrons. The van der Waals surface area contributed by atoms with E-state index in [1.165, 1.54) is 7.11 Å². The van der Waals surface area contributed by atoms with Crippen molar-refractivity contribution in [3.8, 4) is 0 Å². The fourth-order valence-corrected chi connectivity index (χ4v) is 2.97. The minimum absolute atomic E-state index is 0.00375. The van der Waals surface area contributed by atoms with E-state index in [2.05, 4.69) is 17.5 Å². The number of fused-ring (bicyclic) bond motifs is 2. The number of carbonyl (C=O) groups is 2. The first-order chi connectivity index (χ1) is 8.52. The Morgan fingerprint density at radius 1 is 1.28 bits per heavy atom. The second kappa shape index (κ2) is 5.12. The zero-order valence-electron chi connectivity index (χ0n) is 11.2. The Morgan fingerprint density at radius 2 is 2.00 bits per heavy atom. The van der Waals surface area contributed by atoms with Crippen LogP contribution in [0.5, 0.6) is 0 Å². The second-order valence-electron chi connectivity index (χ2n) is 5.64. The van der Waals surface area contributed by atoms with Crippen LogP contribution in [0, 0.1) is 23.7 Å². The van der Waals surface area contributed by atoms with Crippen molar-refractivity contribution in [1.29, 1.82) is 0 Å². The highest BCUT2D eigenvalue weighted by Crippen LogP contribution is 2.43. The largest absolute Gasteiger partial charge is 0.467 e. The molecule has 0 radical (unpaired) electrons. The highest BCUT2D eigenvalue weighted by molar-refractivity contribution is 5.86. The van der Waals surface area contributed by atoms with Gasteiger partial charge in [-0.15, -0.1) is 0 Å². The Bertz CT molecular complexity index is 375. The maximum Gasteiger partial charge on any atom is 0.328 e. The van der Waals surface area contributed by atoms with Gasteiger partial charge in [-0.05, 0) is 30.6 Å². The van der Waals surface area contributed by atoms with Gasteiger partial charge in [0.1, 0.15) is 6.04 Å². The molecule has 0 aromatic rings. The van der Waals surface area contributed by atoms with Crippen LogP contribution < -0.4 is 5.32 Å². The number of rotatable bonds is 4. The van der Waals surface area contributed by atoms with Crippen molar-refractivity contribution in [1.82, 2.24) is 5.32 Å². The fraction of sp³-hybridized carbons (Fsp3) is 0.714. The molecule has 1 amide bonds. The topological polar surface area (TPSA) is 55.4 Å². The molecule has 1 N–H and O–H groups in total. The molecule has 4 unspecified atom stereocenters. The zero-order valence-corrected chi connectivity index (χ0v) is 11.2. The van der Waals surface area contributed by atoms with E-state index in [0.29, 0.717) is 11.8 Å². The molecule has 2 bridgehead atoms. The summed E-state index contributed by atoms with van der Waals surface area (Å²) in [6.07, 6.45) is 6.34. The third kappa shape index (κ3) is 2.42. The lowest BCUT2D eigenvalue weighted by atomic mass is 9.92. The minimum Gasteiger partial charge on any atom is -0.467 e. The Balaban J connectivity index is 1.97. The lowest BCUT2D eigenvalue weighted by Crippen LogP contribution is -2.47. The molecule has 4 atom stereocenters. The number of carbonyl (C=O) groups excluding carboxylic acids is 2. The van der Waals surface area contributed by atoms with E-state index in [1.54, 1.807) is 0 Å². The molecule has 0 aromatic heterocycles. The average molecular weight is 251 g/mol. The van der Waals surface area contributed by atoms with Gasteiger partial charge < -0.3 is 10.1 Å². The summed E-state index contributed by atoms with van der Waals surface area (Å²) in [6.45, 7) is 3.81. The molecule has 0 heterocycles. The summed E-state index contributed by atoms with van der Waals surface area (Å²) in [7, 11) is 1.35. The van der Waals surface area contributed by atoms with Crippen LogP contribution in [0.2, 0.25) is 0 Å². The van der Waals surface area contributed by atoms with Crippen LogP contribution in [0.4, 0.5) is 0 Å². The Hall–Kier alpha value is -1.32. The van der Waals surface area contributed by atoms with Crippen molar-refractivity contribution in [2.24, 2.45) is 23.7 Å². The maximum absolute atomic E-state index is 12.2. The standard InChI is InChI=1S/C14H21NO3/c1-8(2)12(14(17)18-3)15-13(16)11-7-9-4-5-10(11)6-9/h4-5,8-12H,6-7H2,1-3H3,(H,15,16). The molecule has 0 saturated heterocycles. The molecule has 2 rings (SSSR count). The fourth-order valence-electron chi connectivity index (χ4n) is 2.97. The number of hydrogen-bond acceptors (Lipinski definition) is 3. The summed E-state index contributed by atoms with van der Waals surface area (Å²) in [6, 6.07) is -0.536. The van der Waals surface area contributed by atoms with Gasteiger partial charge in [0.2, 0.25) is 5.91 Å². The first-order valence-corrected chi connectivity index (χ1v) is 6.59. The summed E-state index contributed by atoms with van der Waals surface area (Å²) in [5.74, 6) is 0.622. The minimum atomic E-state index is -0.536. The number of hydrogen-bond donors (Lipinski definition) is 1. The van der Waals surface area contributed by atoms with E-state index in [4.69, 9.17) is 4.74 Å². The number of amides is 1. The van der Waals surface area contributed by atoms with Gasteiger partial charge in [0, 0.05) is 5.92 Å². The van der Waals surface area contributed by atoms with Gasteiger partial charge in [0.05, 0.1) is 7.11 Å². The Kier molecular flexibility index (Phi) is 3.73. The molecule has 2 aliphatic rings. The number of methoxy groups -OCH3 is 1. The van der Waals surface area contributed by atoms with Crippen LogP contribution in [0.25, 0.3) is 0 Å². The molecule has 2 aliphatic carbocycles. The number of ether oxygens (including phenoxy) is 1. The molecule has 4 nitrogen and oxygen atoms in total. The molecular weight excluding hydrogens is 230 g/mol. The molecule has 4 heteroatoms. The van der Waals surface area contributed by atoms with Gasteiger partial charge in [-0.25, -0.2) is 4.79 Å². The summed E-state index contributed by atoms with van der Waals surface area (Å²) < 4.78 is 4.73. The predicted octanol–water partition coefficient (Wildman–Crippen LogP) is 1.51. The average Bonchev–Trinajstić information content (AvgIpc) is 2.96. The highest BCUT2D eigenvalue weighted by atomic mass is 16.5. The van der Waals surface area contributed by atoms with Crippen molar-refractivity contribution in [3.05, 3.63) is 12.2 Å². The quantitative estimate of drug-likeness (QED) is 0.608. The van der Waals surface area contributed by atoms with Gasteiger partial charge in [0.25, 0.3) is 0 Å². The van der Waals surface area contributed by atoms with Crippen molar-refractivity contribution in [3.63, 3.8) is 0 Å². The maximum atomic E-state index is 12.2. The smallest absolute Gasteiger partial charge is 0.328 e. The number of nitrogens with one attached hydrogen (secondary N) is 1.